The Morgan fingerprint density at radius 3 is 1.21 bits per heavy atom. The molecule has 4 N–H and O–H groups in total. The van der Waals surface area contributed by atoms with Crippen LogP contribution in [-0.4, -0.2) is 83.9 Å². The van der Waals surface area contributed by atoms with Crippen molar-refractivity contribution in [3.05, 3.63) is 46.5 Å². The molecule has 2 aromatic rings. The van der Waals surface area contributed by atoms with Crippen LogP contribution in [0.1, 0.15) is 85.2 Å². The number of phenols is 2. The van der Waals surface area contributed by atoms with E-state index >= 15 is 0 Å². The SMILES string of the molecule is CCCN(CCC)CCNc1ccc(NCCN(CCC)CCC)c2c1C(=O)c1c(O)ccc(O)c1C2=O. The summed E-state index contributed by atoms with van der Waals surface area (Å²) in [5.74, 6) is -1.55. The molecule has 0 spiro atoms. The molecule has 0 saturated heterocycles. The van der Waals surface area contributed by atoms with Gasteiger partial charge in [-0.25, -0.2) is 0 Å². The van der Waals surface area contributed by atoms with Gasteiger partial charge in [-0.15, -0.1) is 0 Å². The van der Waals surface area contributed by atoms with E-state index in [0.29, 0.717) is 24.5 Å². The number of ketones is 2. The van der Waals surface area contributed by atoms with Crippen molar-refractivity contribution in [1.29, 1.82) is 0 Å². The molecule has 38 heavy (non-hydrogen) atoms. The molecule has 208 valence electrons. The second-order valence-corrected chi connectivity index (χ2v) is 9.96. The van der Waals surface area contributed by atoms with E-state index in [0.717, 1.165) is 65.0 Å². The van der Waals surface area contributed by atoms with Crippen molar-refractivity contribution in [3.8, 4) is 11.5 Å². The monoisotopic (exact) mass is 524 g/mol. The number of carbonyl (C=O) groups is 2. The fourth-order valence-electron chi connectivity index (χ4n) is 5.29. The molecule has 0 saturated carbocycles. The number of benzene rings is 2. The van der Waals surface area contributed by atoms with Crippen molar-refractivity contribution in [2.24, 2.45) is 0 Å². The normalized spacial score (nSPS) is 12.7. The topological polar surface area (TPSA) is 105 Å². The molecule has 8 heteroatoms. The number of rotatable bonds is 16. The summed E-state index contributed by atoms with van der Waals surface area (Å²) in [4.78, 5) is 32.2. The average molecular weight is 525 g/mol. The Balaban J connectivity index is 1.94. The van der Waals surface area contributed by atoms with Crippen molar-refractivity contribution in [2.45, 2.75) is 53.4 Å². The highest BCUT2D eigenvalue weighted by atomic mass is 16.3. The standard InChI is InChI=1S/C30H44N4O4/c1-5-15-33(16-6-2)19-13-31-21-9-10-22(32-14-20-34(17-7-3)18-8-4)26-25(21)29(37)27-23(35)11-12-24(36)28(27)30(26)38/h9-12,31-32,35-36H,5-8,13-20H2,1-4H3. The molecule has 0 aliphatic heterocycles. The van der Waals surface area contributed by atoms with Crippen LogP contribution in [0.3, 0.4) is 0 Å². The molecular weight excluding hydrogens is 480 g/mol. The fraction of sp³-hybridized carbons (Fsp3) is 0.533. The van der Waals surface area contributed by atoms with Gasteiger partial charge in [0.25, 0.3) is 0 Å². The van der Waals surface area contributed by atoms with Crippen LogP contribution in [0.5, 0.6) is 11.5 Å². The maximum absolute atomic E-state index is 13.7. The summed E-state index contributed by atoms with van der Waals surface area (Å²) in [6.45, 7) is 15.5. The Bertz CT molecular complexity index is 1020. The summed E-state index contributed by atoms with van der Waals surface area (Å²) >= 11 is 0. The molecule has 0 fully saturated rings. The summed E-state index contributed by atoms with van der Waals surface area (Å²) < 4.78 is 0. The van der Waals surface area contributed by atoms with Gasteiger partial charge in [0.1, 0.15) is 11.5 Å². The number of fused-ring (bicyclic) bond motifs is 2. The van der Waals surface area contributed by atoms with Crippen LogP contribution in [0.25, 0.3) is 0 Å². The summed E-state index contributed by atoms with van der Waals surface area (Å²) in [7, 11) is 0. The van der Waals surface area contributed by atoms with E-state index in [2.05, 4.69) is 48.1 Å². The molecule has 1 aliphatic carbocycles. The van der Waals surface area contributed by atoms with Gasteiger partial charge < -0.3 is 30.6 Å². The van der Waals surface area contributed by atoms with Gasteiger partial charge in [-0.05, 0) is 76.1 Å². The van der Waals surface area contributed by atoms with E-state index in [-0.39, 0.29) is 33.8 Å². The molecule has 0 unspecified atom stereocenters. The van der Waals surface area contributed by atoms with Gasteiger partial charge >= 0.3 is 0 Å². The van der Waals surface area contributed by atoms with Gasteiger partial charge in [0.15, 0.2) is 0 Å². The molecule has 0 heterocycles. The lowest BCUT2D eigenvalue weighted by Gasteiger charge is -2.26. The first-order valence-electron chi connectivity index (χ1n) is 14.1. The lowest BCUT2D eigenvalue weighted by molar-refractivity contribution is 0.0975. The first-order valence-corrected chi connectivity index (χ1v) is 14.1. The zero-order valence-corrected chi connectivity index (χ0v) is 23.4. The fourth-order valence-corrected chi connectivity index (χ4v) is 5.29. The third-order valence-electron chi connectivity index (χ3n) is 6.92. The van der Waals surface area contributed by atoms with Crippen LogP contribution in [0.15, 0.2) is 24.3 Å². The van der Waals surface area contributed by atoms with Gasteiger partial charge in [-0.1, -0.05) is 27.7 Å². The second kappa shape index (κ2) is 14.2. The number of carbonyl (C=O) groups excluding carboxylic acids is 2. The number of nitrogens with one attached hydrogen (secondary N) is 2. The first kappa shape index (κ1) is 29.5. The number of phenolic OH excluding ortho intramolecular Hbond substituents is 2. The quantitative estimate of drug-likeness (QED) is 0.195. The highest BCUT2D eigenvalue weighted by molar-refractivity contribution is 6.33. The van der Waals surface area contributed by atoms with Crippen LogP contribution in [0.2, 0.25) is 0 Å². The maximum Gasteiger partial charge on any atom is 0.200 e. The van der Waals surface area contributed by atoms with Crippen LogP contribution < -0.4 is 10.6 Å². The zero-order valence-electron chi connectivity index (χ0n) is 23.4. The molecule has 2 aromatic carbocycles. The molecule has 1 aliphatic rings. The number of hydrogen-bond donors (Lipinski definition) is 4. The summed E-state index contributed by atoms with van der Waals surface area (Å²) in [5.41, 5.74) is 1.32. The van der Waals surface area contributed by atoms with E-state index in [1.165, 1.54) is 12.1 Å². The lowest BCUT2D eigenvalue weighted by atomic mass is 9.81. The zero-order chi connectivity index (χ0) is 27.7. The summed E-state index contributed by atoms with van der Waals surface area (Å²) in [6, 6.07) is 6.17. The van der Waals surface area contributed by atoms with E-state index in [1.807, 2.05) is 12.1 Å². The minimum atomic E-state index is -0.466. The number of nitrogens with zero attached hydrogens (tertiary/aromatic N) is 2. The maximum atomic E-state index is 13.7. The second-order valence-electron chi connectivity index (χ2n) is 9.96. The van der Waals surface area contributed by atoms with Crippen molar-refractivity contribution in [1.82, 2.24) is 9.80 Å². The molecule has 3 rings (SSSR count). The van der Waals surface area contributed by atoms with E-state index in [1.54, 1.807) is 0 Å². The molecule has 0 atom stereocenters. The van der Waals surface area contributed by atoms with Crippen molar-refractivity contribution in [3.63, 3.8) is 0 Å². The van der Waals surface area contributed by atoms with Gasteiger partial charge in [-0.3, -0.25) is 9.59 Å². The van der Waals surface area contributed by atoms with Crippen molar-refractivity contribution < 1.29 is 19.8 Å². The highest BCUT2D eigenvalue weighted by Gasteiger charge is 2.38. The Kier molecular flexibility index (Phi) is 11.0. The first-order chi connectivity index (χ1) is 18.4. The number of anilines is 2. The van der Waals surface area contributed by atoms with E-state index in [4.69, 9.17) is 0 Å². The lowest BCUT2D eigenvalue weighted by Crippen LogP contribution is -2.32. The number of aromatic hydroxyl groups is 2. The molecule has 0 aromatic heterocycles. The van der Waals surface area contributed by atoms with Gasteiger partial charge in [0.05, 0.1) is 22.3 Å². The summed E-state index contributed by atoms with van der Waals surface area (Å²) in [5, 5.41) is 27.7. The Morgan fingerprint density at radius 1 is 0.553 bits per heavy atom. The molecule has 0 bridgehead atoms. The predicted molar refractivity (Wildman–Crippen MR) is 154 cm³/mol. The van der Waals surface area contributed by atoms with Gasteiger partial charge in [0, 0.05) is 37.6 Å². The Morgan fingerprint density at radius 2 is 0.895 bits per heavy atom. The Labute approximate surface area is 227 Å². The third-order valence-corrected chi connectivity index (χ3v) is 6.92. The van der Waals surface area contributed by atoms with Crippen LogP contribution in [0.4, 0.5) is 11.4 Å². The average Bonchev–Trinajstić information content (AvgIpc) is 2.89. The van der Waals surface area contributed by atoms with Crippen LogP contribution >= 0.6 is 0 Å². The smallest absolute Gasteiger partial charge is 0.200 e. The van der Waals surface area contributed by atoms with E-state index in [9.17, 15) is 19.8 Å². The highest BCUT2D eigenvalue weighted by Crippen LogP contribution is 2.42. The predicted octanol–water partition coefficient (Wildman–Crippen LogP) is 4.94. The molecular formula is C30H44N4O4. The van der Waals surface area contributed by atoms with Crippen molar-refractivity contribution in [2.75, 3.05) is 63.0 Å². The minimum Gasteiger partial charge on any atom is -0.507 e. The van der Waals surface area contributed by atoms with Gasteiger partial charge in [0.2, 0.25) is 11.6 Å². The molecule has 8 nitrogen and oxygen atoms in total. The van der Waals surface area contributed by atoms with Crippen LogP contribution in [0, 0.1) is 0 Å². The third kappa shape index (κ3) is 6.66. The number of hydrogen-bond acceptors (Lipinski definition) is 8. The molecule has 0 radical (unpaired) electrons. The summed E-state index contributed by atoms with van der Waals surface area (Å²) in [6.07, 6.45) is 4.26. The van der Waals surface area contributed by atoms with Crippen molar-refractivity contribution >= 4 is 22.9 Å². The Hall–Kier alpha value is -3.10. The largest absolute Gasteiger partial charge is 0.507 e. The van der Waals surface area contributed by atoms with Gasteiger partial charge in [-0.2, -0.15) is 0 Å². The minimum absolute atomic E-state index is 0.140. The molecule has 0 amide bonds. The van der Waals surface area contributed by atoms with Crippen LogP contribution in [-0.2, 0) is 0 Å². The van der Waals surface area contributed by atoms with E-state index < -0.39 is 11.6 Å².